The quantitative estimate of drug-likeness (QED) is 0.617. The van der Waals surface area contributed by atoms with Crippen LogP contribution in [0.1, 0.15) is 62.3 Å². The molecular weight excluding hydrogens is 424 g/mol. The normalized spacial score (nSPS) is 33.0. The van der Waals surface area contributed by atoms with Gasteiger partial charge >= 0.3 is 0 Å². The first-order valence-electron chi connectivity index (χ1n) is 11.8. The molecule has 0 radical (unpaired) electrons. The van der Waals surface area contributed by atoms with Crippen LogP contribution in [0.25, 0.3) is 0 Å². The molecule has 172 valence electrons. The van der Waals surface area contributed by atoms with E-state index in [1.54, 1.807) is 0 Å². The third-order valence-corrected chi connectivity index (χ3v) is 8.33. The Kier molecular flexibility index (Phi) is 6.00. The largest absolute Gasteiger partial charge is 0.490 e. The highest BCUT2D eigenvalue weighted by Crippen LogP contribution is 2.67. The van der Waals surface area contributed by atoms with Crippen molar-refractivity contribution in [1.29, 1.82) is 0 Å². The van der Waals surface area contributed by atoms with Crippen LogP contribution in [0.15, 0.2) is 42.5 Å². The van der Waals surface area contributed by atoms with Gasteiger partial charge in [0, 0.05) is 17.9 Å². The predicted octanol–water partition coefficient (Wildman–Crippen LogP) is 5.32. The van der Waals surface area contributed by atoms with Crippen LogP contribution in [-0.4, -0.2) is 35.1 Å². The lowest BCUT2D eigenvalue weighted by molar-refractivity contribution is -0.113. The molecule has 1 saturated heterocycles. The molecule has 2 aromatic rings. The molecule has 3 aliphatic rings. The second-order valence-corrected chi connectivity index (χ2v) is 10.9. The first kappa shape index (κ1) is 22.2. The highest BCUT2D eigenvalue weighted by atomic mass is 35.5. The Labute approximate surface area is 195 Å². The summed E-state index contributed by atoms with van der Waals surface area (Å²) in [5, 5.41) is 20.3. The molecule has 5 heteroatoms. The summed E-state index contributed by atoms with van der Waals surface area (Å²) in [5.74, 6) is 2.61. The number of aliphatic hydroxyl groups excluding tert-OH is 2. The maximum absolute atomic E-state index is 10.1. The van der Waals surface area contributed by atoms with Gasteiger partial charge in [0.05, 0.1) is 31.0 Å². The molecule has 0 bridgehead atoms. The van der Waals surface area contributed by atoms with Crippen LogP contribution in [0.3, 0.4) is 0 Å². The zero-order valence-electron chi connectivity index (χ0n) is 18.8. The molecule has 5 atom stereocenters. The lowest BCUT2D eigenvalue weighted by Gasteiger charge is -2.32. The van der Waals surface area contributed by atoms with Crippen molar-refractivity contribution in [2.75, 3.05) is 6.61 Å². The monoisotopic (exact) mass is 456 g/mol. The van der Waals surface area contributed by atoms with Gasteiger partial charge in [-0.25, -0.2) is 0 Å². The maximum Gasteiger partial charge on any atom is 0.119 e. The van der Waals surface area contributed by atoms with Crippen molar-refractivity contribution in [2.24, 2.45) is 17.3 Å². The summed E-state index contributed by atoms with van der Waals surface area (Å²) in [7, 11) is 0. The minimum absolute atomic E-state index is 0.0810. The Morgan fingerprint density at radius 3 is 2.44 bits per heavy atom. The van der Waals surface area contributed by atoms with E-state index in [-0.39, 0.29) is 18.8 Å². The third kappa shape index (κ3) is 4.43. The molecule has 3 fully saturated rings. The molecule has 1 aliphatic heterocycles. The molecule has 32 heavy (non-hydrogen) atoms. The molecule has 4 nitrogen and oxygen atoms in total. The van der Waals surface area contributed by atoms with Crippen LogP contribution < -0.4 is 4.74 Å². The fourth-order valence-corrected chi connectivity index (χ4v) is 6.09. The van der Waals surface area contributed by atoms with Crippen LogP contribution in [0.4, 0.5) is 0 Å². The van der Waals surface area contributed by atoms with E-state index >= 15 is 0 Å². The van der Waals surface area contributed by atoms with E-state index < -0.39 is 6.10 Å². The predicted molar refractivity (Wildman–Crippen MR) is 125 cm³/mol. The number of halogens is 1. The molecule has 2 aromatic carbocycles. The minimum Gasteiger partial charge on any atom is -0.490 e. The number of hydrogen-bond acceptors (Lipinski definition) is 4. The summed E-state index contributed by atoms with van der Waals surface area (Å²) in [6.45, 7) is 4.67. The zero-order valence-corrected chi connectivity index (χ0v) is 19.6. The van der Waals surface area contributed by atoms with E-state index in [1.807, 2.05) is 12.1 Å². The first-order chi connectivity index (χ1) is 15.3. The summed E-state index contributed by atoms with van der Waals surface area (Å²) < 4.78 is 12.2. The Bertz CT molecular complexity index is 943. The molecule has 2 saturated carbocycles. The van der Waals surface area contributed by atoms with Gasteiger partial charge in [0.25, 0.3) is 0 Å². The van der Waals surface area contributed by atoms with Gasteiger partial charge in [-0.15, -0.1) is 0 Å². The first-order valence-corrected chi connectivity index (χ1v) is 12.2. The maximum atomic E-state index is 10.1. The summed E-state index contributed by atoms with van der Waals surface area (Å²) in [5.41, 5.74) is 3.71. The highest BCUT2D eigenvalue weighted by Gasteiger charge is 2.62. The summed E-state index contributed by atoms with van der Waals surface area (Å²) >= 11 is 6.50. The van der Waals surface area contributed by atoms with Gasteiger partial charge in [0.2, 0.25) is 0 Å². The lowest BCUT2D eigenvalue weighted by atomic mass is 9.94. The van der Waals surface area contributed by atoms with Crippen molar-refractivity contribution < 1.29 is 19.7 Å². The topological polar surface area (TPSA) is 58.9 Å². The van der Waals surface area contributed by atoms with E-state index in [9.17, 15) is 10.2 Å². The van der Waals surface area contributed by atoms with Crippen molar-refractivity contribution >= 4 is 11.6 Å². The number of ether oxygens (including phenoxy) is 2. The van der Waals surface area contributed by atoms with Crippen molar-refractivity contribution in [3.05, 3.63) is 64.2 Å². The SMILES string of the molecule is CC1(C)C2CC(Oc3ccc(Cc4cc([C@@H]5C[C@@H](O)C[C@@H](CO)O5)ccc4Cl)cc3)CC21. The number of hydrogen-bond donors (Lipinski definition) is 2. The Morgan fingerprint density at radius 2 is 1.75 bits per heavy atom. The molecule has 2 aliphatic carbocycles. The molecule has 0 aromatic heterocycles. The van der Waals surface area contributed by atoms with Gasteiger partial charge in [0.1, 0.15) is 5.75 Å². The van der Waals surface area contributed by atoms with Crippen molar-refractivity contribution in [3.63, 3.8) is 0 Å². The highest BCUT2D eigenvalue weighted by molar-refractivity contribution is 6.31. The second-order valence-electron chi connectivity index (χ2n) is 10.5. The van der Waals surface area contributed by atoms with Crippen molar-refractivity contribution in [2.45, 2.75) is 70.4 Å². The van der Waals surface area contributed by atoms with Crippen molar-refractivity contribution in [3.8, 4) is 5.75 Å². The molecule has 0 amide bonds. The average Bonchev–Trinajstić information content (AvgIpc) is 3.09. The fraction of sp³-hybridized carbons (Fsp3) is 0.556. The van der Waals surface area contributed by atoms with Crippen LogP contribution >= 0.6 is 11.6 Å². The molecule has 2 unspecified atom stereocenters. The lowest BCUT2D eigenvalue weighted by Crippen LogP contribution is -2.33. The second kappa shape index (κ2) is 8.64. The van der Waals surface area contributed by atoms with E-state index in [1.165, 1.54) is 18.4 Å². The summed E-state index contributed by atoms with van der Waals surface area (Å²) in [6.07, 6.45) is 3.41. The van der Waals surface area contributed by atoms with Crippen LogP contribution in [0.2, 0.25) is 5.02 Å². The number of fused-ring (bicyclic) bond motifs is 1. The minimum atomic E-state index is -0.464. The molecule has 0 spiro atoms. The molecular formula is C27H33ClO4. The van der Waals surface area contributed by atoms with E-state index in [2.05, 4.69) is 44.2 Å². The standard InChI is InChI=1S/C27H33ClO4/c1-27(2)23-13-21(14-24(23)27)31-20-6-3-16(4-7-20)9-18-10-17(5-8-25(18)28)26-12-19(30)11-22(15-29)32-26/h3-8,10,19,21-24,26,29-30H,9,11-15H2,1-2H3/t19-,21?,22-,23?,24?,26-/m0/s1. The van der Waals surface area contributed by atoms with Gasteiger partial charge in [-0.3, -0.25) is 0 Å². The molecule has 2 N–H and O–H groups in total. The smallest absolute Gasteiger partial charge is 0.119 e. The van der Waals surface area contributed by atoms with E-state index in [0.717, 1.165) is 33.7 Å². The van der Waals surface area contributed by atoms with Crippen molar-refractivity contribution in [1.82, 2.24) is 0 Å². The van der Waals surface area contributed by atoms with E-state index in [0.29, 0.717) is 30.8 Å². The van der Waals surface area contributed by atoms with Gasteiger partial charge in [0.15, 0.2) is 0 Å². The summed E-state index contributed by atoms with van der Waals surface area (Å²) in [4.78, 5) is 0. The number of rotatable bonds is 6. The Hall–Kier alpha value is -1.59. The van der Waals surface area contributed by atoms with E-state index in [4.69, 9.17) is 21.1 Å². The van der Waals surface area contributed by atoms with Gasteiger partial charge in [-0.05, 0) is 71.4 Å². The Morgan fingerprint density at radius 1 is 1.03 bits per heavy atom. The zero-order chi connectivity index (χ0) is 22.5. The van der Waals surface area contributed by atoms with Gasteiger partial charge < -0.3 is 19.7 Å². The number of benzene rings is 2. The van der Waals surface area contributed by atoms with Crippen LogP contribution in [-0.2, 0) is 11.2 Å². The molecule has 1 heterocycles. The molecule has 5 rings (SSSR count). The fourth-order valence-electron chi connectivity index (χ4n) is 5.90. The van der Waals surface area contributed by atoms with Crippen LogP contribution in [0.5, 0.6) is 5.75 Å². The van der Waals surface area contributed by atoms with Gasteiger partial charge in [-0.2, -0.15) is 0 Å². The third-order valence-electron chi connectivity index (χ3n) is 7.97. The summed E-state index contributed by atoms with van der Waals surface area (Å²) in [6, 6.07) is 14.3. The Balaban J connectivity index is 1.23. The van der Waals surface area contributed by atoms with Gasteiger partial charge in [-0.1, -0.05) is 49.7 Å². The van der Waals surface area contributed by atoms with Crippen LogP contribution in [0, 0.1) is 17.3 Å². The average molecular weight is 457 g/mol. The number of aliphatic hydroxyl groups is 2.